The number of hydrogen-bond donors (Lipinski definition) is 2. The Morgan fingerprint density at radius 2 is 1.76 bits per heavy atom. The summed E-state index contributed by atoms with van der Waals surface area (Å²) in [5.41, 5.74) is 10.3. The van der Waals surface area contributed by atoms with Crippen LogP contribution in [-0.2, 0) is 0 Å². The molecule has 2 rings (SSSR count). The fourth-order valence-electron chi connectivity index (χ4n) is 1.72. The molecule has 0 heterocycles. The van der Waals surface area contributed by atoms with E-state index < -0.39 is 0 Å². The van der Waals surface area contributed by atoms with Crippen LogP contribution in [0.25, 0.3) is 11.1 Å². The third kappa shape index (κ3) is 2.45. The van der Waals surface area contributed by atoms with Crippen molar-refractivity contribution in [3.8, 4) is 11.1 Å². The van der Waals surface area contributed by atoms with E-state index in [1.165, 1.54) is 0 Å². The fourth-order valence-corrected chi connectivity index (χ4v) is 1.72. The maximum absolute atomic E-state index is 10.6. The molecule has 3 N–H and O–H groups in total. The Kier molecular flexibility index (Phi) is 3.10. The molecular formula is C14H14N2O. The molecule has 2 aromatic rings. The summed E-state index contributed by atoms with van der Waals surface area (Å²) in [4.78, 5) is 10.6. The lowest BCUT2D eigenvalue weighted by Crippen LogP contribution is -1.92. The first-order chi connectivity index (χ1) is 8.22. The Labute approximate surface area is 100 Å². The third-order valence-corrected chi connectivity index (χ3v) is 2.62. The molecule has 86 valence electrons. The summed E-state index contributed by atoms with van der Waals surface area (Å²) in [7, 11) is 1.86. The molecule has 0 unspecified atom stereocenters. The molecule has 3 heteroatoms. The van der Waals surface area contributed by atoms with Crippen molar-refractivity contribution in [1.82, 2.24) is 0 Å². The van der Waals surface area contributed by atoms with Gasteiger partial charge in [-0.15, -0.1) is 0 Å². The molecule has 3 nitrogen and oxygen atoms in total. The summed E-state index contributed by atoms with van der Waals surface area (Å²) < 4.78 is 0. The van der Waals surface area contributed by atoms with Crippen LogP contribution in [-0.4, -0.2) is 13.3 Å². The molecule has 17 heavy (non-hydrogen) atoms. The van der Waals surface area contributed by atoms with Crippen molar-refractivity contribution in [1.29, 1.82) is 0 Å². The van der Waals surface area contributed by atoms with Gasteiger partial charge in [-0.05, 0) is 29.3 Å². The molecule has 2 aromatic carbocycles. The third-order valence-electron chi connectivity index (χ3n) is 2.62. The monoisotopic (exact) mass is 226 g/mol. The minimum absolute atomic E-state index is 0.673. The average Bonchev–Trinajstić information content (AvgIpc) is 2.38. The van der Waals surface area contributed by atoms with Crippen LogP contribution in [0.15, 0.2) is 42.5 Å². The van der Waals surface area contributed by atoms with Gasteiger partial charge in [0.05, 0.1) is 0 Å². The van der Waals surface area contributed by atoms with Gasteiger partial charge in [-0.25, -0.2) is 0 Å². The maximum atomic E-state index is 10.6. The summed E-state index contributed by atoms with van der Waals surface area (Å²) >= 11 is 0. The van der Waals surface area contributed by atoms with Gasteiger partial charge in [-0.1, -0.05) is 24.3 Å². The number of nitrogens with two attached hydrogens (primary N) is 1. The van der Waals surface area contributed by atoms with Crippen LogP contribution in [0.4, 0.5) is 11.4 Å². The van der Waals surface area contributed by atoms with Crippen molar-refractivity contribution in [2.45, 2.75) is 0 Å². The van der Waals surface area contributed by atoms with E-state index in [0.717, 1.165) is 23.1 Å². The second-order valence-electron chi connectivity index (χ2n) is 3.83. The van der Waals surface area contributed by atoms with E-state index >= 15 is 0 Å². The zero-order valence-electron chi connectivity index (χ0n) is 9.60. The van der Waals surface area contributed by atoms with Gasteiger partial charge in [-0.2, -0.15) is 0 Å². The predicted molar refractivity (Wildman–Crippen MR) is 71.2 cm³/mol. The number of hydrogen-bond acceptors (Lipinski definition) is 3. The first-order valence-electron chi connectivity index (χ1n) is 5.37. The van der Waals surface area contributed by atoms with Gasteiger partial charge >= 0.3 is 0 Å². The normalized spacial score (nSPS) is 9.94. The highest BCUT2D eigenvalue weighted by atomic mass is 16.1. The standard InChI is InChI=1S/C14H14N2O/c1-16-14-7-12(6-13(15)8-14)11-4-2-10(9-17)3-5-11/h2-9,16H,15H2,1H3. The molecule has 0 aliphatic heterocycles. The number of nitrogen functional groups attached to an aromatic ring is 1. The van der Waals surface area contributed by atoms with E-state index in [4.69, 9.17) is 5.73 Å². The highest BCUT2D eigenvalue weighted by molar-refractivity contribution is 5.78. The Balaban J connectivity index is 2.44. The van der Waals surface area contributed by atoms with Gasteiger partial charge in [0.1, 0.15) is 6.29 Å². The molecule has 0 atom stereocenters. The number of nitrogens with one attached hydrogen (secondary N) is 1. The van der Waals surface area contributed by atoms with E-state index in [-0.39, 0.29) is 0 Å². The van der Waals surface area contributed by atoms with Crippen LogP contribution in [0.2, 0.25) is 0 Å². The molecule has 0 radical (unpaired) electrons. The average molecular weight is 226 g/mol. The van der Waals surface area contributed by atoms with Crippen molar-refractivity contribution in [2.75, 3.05) is 18.1 Å². The number of carbonyl (C=O) groups is 1. The Morgan fingerprint density at radius 3 is 2.35 bits per heavy atom. The number of aldehydes is 1. The van der Waals surface area contributed by atoms with Gasteiger partial charge in [-0.3, -0.25) is 4.79 Å². The number of benzene rings is 2. The number of rotatable bonds is 3. The zero-order chi connectivity index (χ0) is 12.3. The second kappa shape index (κ2) is 4.70. The van der Waals surface area contributed by atoms with E-state index in [0.29, 0.717) is 11.3 Å². The van der Waals surface area contributed by atoms with Gasteiger partial charge < -0.3 is 11.1 Å². The SMILES string of the molecule is CNc1cc(N)cc(-c2ccc(C=O)cc2)c1. The Hall–Kier alpha value is -2.29. The number of anilines is 2. The molecule has 0 amide bonds. The summed E-state index contributed by atoms with van der Waals surface area (Å²) in [5, 5.41) is 3.06. The topological polar surface area (TPSA) is 55.1 Å². The van der Waals surface area contributed by atoms with Crippen molar-refractivity contribution in [3.05, 3.63) is 48.0 Å². The molecule has 0 aliphatic carbocycles. The molecule has 0 saturated carbocycles. The smallest absolute Gasteiger partial charge is 0.150 e. The van der Waals surface area contributed by atoms with Crippen molar-refractivity contribution in [3.63, 3.8) is 0 Å². The van der Waals surface area contributed by atoms with Crippen LogP contribution < -0.4 is 11.1 Å². The summed E-state index contributed by atoms with van der Waals surface area (Å²) in [6.07, 6.45) is 0.835. The number of carbonyl (C=O) groups excluding carboxylic acids is 1. The van der Waals surface area contributed by atoms with Crippen LogP contribution in [0.1, 0.15) is 10.4 Å². The molecule has 0 saturated heterocycles. The van der Waals surface area contributed by atoms with E-state index in [2.05, 4.69) is 5.32 Å². The van der Waals surface area contributed by atoms with Crippen LogP contribution in [0, 0.1) is 0 Å². The highest BCUT2D eigenvalue weighted by Gasteiger charge is 2.01. The van der Waals surface area contributed by atoms with Gasteiger partial charge in [0, 0.05) is 24.0 Å². The largest absolute Gasteiger partial charge is 0.399 e. The zero-order valence-corrected chi connectivity index (χ0v) is 9.60. The predicted octanol–water partition coefficient (Wildman–Crippen LogP) is 2.79. The van der Waals surface area contributed by atoms with Gasteiger partial charge in [0.25, 0.3) is 0 Å². The lowest BCUT2D eigenvalue weighted by Gasteiger charge is -2.07. The second-order valence-corrected chi connectivity index (χ2v) is 3.83. The first kappa shape index (κ1) is 11.2. The maximum Gasteiger partial charge on any atom is 0.150 e. The molecular weight excluding hydrogens is 212 g/mol. The van der Waals surface area contributed by atoms with Gasteiger partial charge in [0.2, 0.25) is 0 Å². The lowest BCUT2D eigenvalue weighted by atomic mass is 10.0. The molecule has 0 bridgehead atoms. The highest BCUT2D eigenvalue weighted by Crippen LogP contribution is 2.25. The van der Waals surface area contributed by atoms with Crippen LogP contribution >= 0.6 is 0 Å². The van der Waals surface area contributed by atoms with Gasteiger partial charge in [0.15, 0.2) is 0 Å². The Bertz CT molecular complexity index is 532. The molecule has 0 aliphatic rings. The van der Waals surface area contributed by atoms with Crippen molar-refractivity contribution in [2.24, 2.45) is 0 Å². The summed E-state index contributed by atoms with van der Waals surface area (Å²) in [5.74, 6) is 0. The lowest BCUT2D eigenvalue weighted by molar-refractivity contribution is 0.112. The summed E-state index contributed by atoms with van der Waals surface area (Å²) in [6.45, 7) is 0. The van der Waals surface area contributed by atoms with E-state index in [9.17, 15) is 4.79 Å². The summed E-state index contributed by atoms with van der Waals surface area (Å²) in [6, 6.07) is 13.2. The van der Waals surface area contributed by atoms with E-state index in [1.807, 2.05) is 37.4 Å². The molecule has 0 aromatic heterocycles. The van der Waals surface area contributed by atoms with Crippen LogP contribution in [0.5, 0.6) is 0 Å². The van der Waals surface area contributed by atoms with Crippen molar-refractivity contribution >= 4 is 17.7 Å². The minimum Gasteiger partial charge on any atom is -0.399 e. The first-order valence-corrected chi connectivity index (χ1v) is 5.37. The molecule has 0 fully saturated rings. The molecule has 0 spiro atoms. The quantitative estimate of drug-likeness (QED) is 0.625. The van der Waals surface area contributed by atoms with Crippen molar-refractivity contribution < 1.29 is 4.79 Å². The minimum atomic E-state index is 0.673. The van der Waals surface area contributed by atoms with Crippen LogP contribution in [0.3, 0.4) is 0 Å². The van der Waals surface area contributed by atoms with E-state index in [1.54, 1.807) is 12.1 Å². The Morgan fingerprint density at radius 1 is 1.06 bits per heavy atom. The fraction of sp³-hybridized carbons (Fsp3) is 0.0714.